The third-order valence-electron chi connectivity index (χ3n) is 7.84. The molecule has 5 atom stereocenters. The minimum absolute atomic E-state index is 0.0766. The number of carbonyl (C=O) groups is 4. The van der Waals surface area contributed by atoms with Crippen molar-refractivity contribution in [3.05, 3.63) is 29.8 Å². The highest BCUT2D eigenvalue weighted by Gasteiger charge is 2.38. The molecule has 1 aromatic rings. The SMILES string of the molecule is CC[C@H](C)[C@H](NC(=O)[C@H](Cc1ccc(O)cc1)NC(=O)[C@@H]1CCCN1C(=O)[C@@H](N)CCCCN)C(=O)OCCC(C)C. The summed E-state index contributed by atoms with van der Waals surface area (Å²) in [5.74, 6) is -1.54. The van der Waals surface area contributed by atoms with Gasteiger partial charge in [-0.05, 0) is 68.2 Å². The molecule has 0 radical (unpaired) electrons. The molecule has 3 amide bonds. The molecule has 1 aromatic carbocycles. The molecule has 1 saturated heterocycles. The Morgan fingerprint density at radius 2 is 1.76 bits per heavy atom. The van der Waals surface area contributed by atoms with Gasteiger partial charge in [-0.25, -0.2) is 4.79 Å². The molecule has 0 aromatic heterocycles. The summed E-state index contributed by atoms with van der Waals surface area (Å²) in [7, 11) is 0. The first kappa shape index (κ1) is 35.0. The summed E-state index contributed by atoms with van der Waals surface area (Å²) in [6, 6.07) is 2.95. The molecular formula is C31H51N5O6. The first-order chi connectivity index (χ1) is 20.0. The third kappa shape index (κ3) is 10.9. The number of nitrogens with two attached hydrogens (primary N) is 2. The van der Waals surface area contributed by atoms with Crippen LogP contribution in [0.4, 0.5) is 0 Å². The minimum atomic E-state index is -1.03. The van der Waals surface area contributed by atoms with Crippen LogP contribution in [0.1, 0.15) is 78.2 Å². The molecule has 11 heteroatoms. The Bertz CT molecular complexity index is 1020. The van der Waals surface area contributed by atoms with Gasteiger partial charge in [-0.2, -0.15) is 0 Å². The number of hydrogen-bond donors (Lipinski definition) is 5. The molecule has 2 rings (SSSR count). The van der Waals surface area contributed by atoms with Gasteiger partial charge in [0.2, 0.25) is 17.7 Å². The van der Waals surface area contributed by atoms with Crippen molar-refractivity contribution in [2.45, 2.75) is 103 Å². The lowest BCUT2D eigenvalue weighted by Gasteiger charge is -2.29. The number of benzene rings is 1. The molecule has 0 aliphatic carbocycles. The quantitative estimate of drug-likeness (QED) is 0.135. The van der Waals surface area contributed by atoms with Gasteiger partial charge in [-0.3, -0.25) is 14.4 Å². The normalized spacial score (nSPS) is 17.8. The summed E-state index contributed by atoms with van der Waals surface area (Å²) in [5, 5.41) is 15.4. The standard InChI is InChI=1S/C31H51N5O6/c1-5-21(4)27(31(41)42-18-15-20(2)3)35-28(38)25(19-22-11-13-23(37)14-12-22)34-29(39)26-10-8-17-36(26)30(40)24(33)9-6-7-16-32/h11-14,20-21,24-27,37H,5-10,15-19,32-33H2,1-4H3,(H,34,39)(H,35,38)/t21-,24-,25-,26-,27-/m0/s1. The van der Waals surface area contributed by atoms with Gasteiger partial charge in [0.15, 0.2) is 0 Å². The van der Waals surface area contributed by atoms with Gasteiger partial charge in [-0.15, -0.1) is 0 Å². The van der Waals surface area contributed by atoms with Crippen molar-refractivity contribution in [3.8, 4) is 5.75 Å². The molecule has 11 nitrogen and oxygen atoms in total. The van der Waals surface area contributed by atoms with Crippen LogP contribution in [0, 0.1) is 11.8 Å². The lowest BCUT2D eigenvalue weighted by Crippen LogP contribution is -2.58. The number of carbonyl (C=O) groups excluding carboxylic acids is 4. The topological polar surface area (TPSA) is 177 Å². The van der Waals surface area contributed by atoms with E-state index in [-0.39, 0.29) is 30.6 Å². The van der Waals surface area contributed by atoms with E-state index in [9.17, 15) is 24.3 Å². The van der Waals surface area contributed by atoms with E-state index in [0.29, 0.717) is 56.7 Å². The molecule has 1 aliphatic heterocycles. The largest absolute Gasteiger partial charge is 0.508 e. The number of likely N-dealkylation sites (tertiary alicyclic amines) is 1. The van der Waals surface area contributed by atoms with E-state index >= 15 is 0 Å². The number of phenols is 1. The van der Waals surface area contributed by atoms with Crippen LogP contribution in [-0.2, 0) is 30.3 Å². The summed E-state index contributed by atoms with van der Waals surface area (Å²) >= 11 is 0. The number of ether oxygens (including phenoxy) is 1. The number of phenolic OH excluding ortho intramolecular Hbond substituents is 1. The highest BCUT2D eigenvalue weighted by Crippen LogP contribution is 2.20. The molecule has 1 heterocycles. The second kappa shape index (κ2) is 17.7. The highest BCUT2D eigenvalue weighted by atomic mass is 16.5. The number of rotatable bonds is 17. The van der Waals surface area contributed by atoms with Gasteiger partial charge >= 0.3 is 5.97 Å². The van der Waals surface area contributed by atoms with Crippen LogP contribution in [0.15, 0.2) is 24.3 Å². The lowest BCUT2D eigenvalue weighted by molar-refractivity contribution is -0.150. The van der Waals surface area contributed by atoms with Crippen molar-refractivity contribution in [3.63, 3.8) is 0 Å². The maximum Gasteiger partial charge on any atom is 0.328 e. The van der Waals surface area contributed by atoms with Crippen LogP contribution >= 0.6 is 0 Å². The van der Waals surface area contributed by atoms with Gasteiger partial charge in [0.1, 0.15) is 23.9 Å². The van der Waals surface area contributed by atoms with Gasteiger partial charge < -0.3 is 36.8 Å². The molecule has 1 aliphatic rings. The molecule has 7 N–H and O–H groups in total. The number of esters is 1. The number of aromatic hydroxyl groups is 1. The second-order valence-electron chi connectivity index (χ2n) is 11.7. The van der Waals surface area contributed by atoms with Crippen molar-refractivity contribution in [1.82, 2.24) is 15.5 Å². The van der Waals surface area contributed by atoms with Crippen LogP contribution in [0.25, 0.3) is 0 Å². The fourth-order valence-electron chi connectivity index (χ4n) is 4.90. The predicted molar refractivity (Wildman–Crippen MR) is 161 cm³/mol. The molecule has 42 heavy (non-hydrogen) atoms. The van der Waals surface area contributed by atoms with Crippen LogP contribution in [0.5, 0.6) is 5.75 Å². The molecule has 0 bridgehead atoms. The number of nitrogens with one attached hydrogen (secondary N) is 2. The predicted octanol–water partition coefficient (Wildman–Crippen LogP) is 1.99. The van der Waals surface area contributed by atoms with Crippen LogP contribution in [0.3, 0.4) is 0 Å². The van der Waals surface area contributed by atoms with E-state index in [4.69, 9.17) is 16.2 Å². The summed E-state index contributed by atoms with van der Waals surface area (Å²) in [6.07, 6.45) is 4.53. The fourth-order valence-corrected chi connectivity index (χ4v) is 4.90. The Balaban J connectivity index is 2.21. The Kier molecular flexibility index (Phi) is 14.8. The van der Waals surface area contributed by atoms with Gasteiger partial charge in [-0.1, -0.05) is 52.7 Å². The third-order valence-corrected chi connectivity index (χ3v) is 7.84. The van der Waals surface area contributed by atoms with E-state index in [1.807, 2.05) is 27.7 Å². The van der Waals surface area contributed by atoms with E-state index in [1.54, 1.807) is 12.1 Å². The smallest absolute Gasteiger partial charge is 0.328 e. The van der Waals surface area contributed by atoms with E-state index < -0.39 is 42.0 Å². The van der Waals surface area contributed by atoms with Gasteiger partial charge in [0.05, 0.1) is 12.6 Å². The van der Waals surface area contributed by atoms with Crippen molar-refractivity contribution in [2.75, 3.05) is 19.7 Å². The molecule has 0 spiro atoms. The second-order valence-corrected chi connectivity index (χ2v) is 11.7. The van der Waals surface area contributed by atoms with Gasteiger partial charge in [0, 0.05) is 13.0 Å². The average molecular weight is 590 g/mol. The van der Waals surface area contributed by atoms with E-state index in [2.05, 4.69) is 10.6 Å². The average Bonchev–Trinajstić information content (AvgIpc) is 3.45. The fraction of sp³-hybridized carbons (Fsp3) is 0.677. The number of hydrogen-bond acceptors (Lipinski definition) is 8. The maximum atomic E-state index is 13.7. The number of nitrogens with zero attached hydrogens (tertiary/aromatic N) is 1. The van der Waals surface area contributed by atoms with E-state index in [0.717, 1.165) is 12.8 Å². The van der Waals surface area contributed by atoms with Crippen LogP contribution in [0.2, 0.25) is 0 Å². The van der Waals surface area contributed by atoms with Crippen molar-refractivity contribution >= 4 is 23.7 Å². The molecule has 0 unspecified atom stereocenters. The van der Waals surface area contributed by atoms with Crippen LogP contribution < -0.4 is 22.1 Å². The highest BCUT2D eigenvalue weighted by molar-refractivity contribution is 5.94. The molecule has 1 fully saturated rings. The summed E-state index contributed by atoms with van der Waals surface area (Å²) in [5.41, 5.74) is 12.4. The lowest BCUT2D eigenvalue weighted by atomic mass is 9.97. The Morgan fingerprint density at radius 3 is 2.38 bits per heavy atom. The summed E-state index contributed by atoms with van der Waals surface area (Å²) in [6.45, 7) is 9.05. The van der Waals surface area contributed by atoms with E-state index in [1.165, 1.54) is 17.0 Å². The van der Waals surface area contributed by atoms with Crippen molar-refractivity contribution < 1.29 is 29.0 Å². The van der Waals surface area contributed by atoms with Crippen molar-refractivity contribution in [2.24, 2.45) is 23.3 Å². The monoisotopic (exact) mass is 589 g/mol. The number of amides is 3. The maximum absolute atomic E-state index is 13.7. The first-order valence-corrected chi connectivity index (χ1v) is 15.3. The Morgan fingerprint density at radius 1 is 1.07 bits per heavy atom. The summed E-state index contributed by atoms with van der Waals surface area (Å²) < 4.78 is 5.48. The Labute approximate surface area is 250 Å². The molecular weight excluding hydrogens is 538 g/mol. The number of unbranched alkanes of at least 4 members (excludes halogenated alkanes) is 1. The van der Waals surface area contributed by atoms with Gasteiger partial charge in [0.25, 0.3) is 0 Å². The first-order valence-electron chi connectivity index (χ1n) is 15.3. The Hall–Kier alpha value is -3.18. The molecule has 0 saturated carbocycles. The van der Waals surface area contributed by atoms with Crippen LogP contribution in [-0.4, -0.2) is 77.6 Å². The zero-order valence-corrected chi connectivity index (χ0v) is 25.6. The summed E-state index contributed by atoms with van der Waals surface area (Å²) in [4.78, 5) is 54.8. The zero-order valence-electron chi connectivity index (χ0n) is 25.6. The molecule has 236 valence electrons. The zero-order chi connectivity index (χ0) is 31.2. The van der Waals surface area contributed by atoms with Crippen molar-refractivity contribution in [1.29, 1.82) is 0 Å². The minimum Gasteiger partial charge on any atom is -0.508 e.